The SMILES string of the molecule is CCn1nncc1CNC1CCCCC1. The summed E-state index contributed by atoms with van der Waals surface area (Å²) in [6, 6.07) is 0.707. The molecule has 15 heavy (non-hydrogen) atoms. The third kappa shape index (κ3) is 2.78. The number of hydrogen-bond donors (Lipinski definition) is 1. The fourth-order valence-electron chi connectivity index (χ4n) is 2.24. The van der Waals surface area contributed by atoms with Crippen LogP contribution in [0.3, 0.4) is 0 Å². The maximum Gasteiger partial charge on any atom is 0.0738 e. The Labute approximate surface area is 91.1 Å². The average Bonchev–Trinajstić information content (AvgIpc) is 2.75. The fourth-order valence-corrected chi connectivity index (χ4v) is 2.24. The molecule has 0 unspecified atom stereocenters. The van der Waals surface area contributed by atoms with Crippen molar-refractivity contribution in [1.82, 2.24) is 20.3 Å². The quantitative estimate of drug-likeness (QED) is 0.819. The number of aromatic nitrogens is 3. The van der Waals surface area contributed by atoms with Gasteiger partial charge >= 0.3 is 0 Å². The molecule has 0 spiro atoms. The standard InChI is InChI=1S/C11H20N4/c1-2-15-11(9-13-14-15)8-12-10-6-4-3-5-7-10/h9-10,12H,2-8H2,1H3. The zero-order chi connectivity index (χ0) is 10.5. The average molecular weight is 208 g/mol. The molecule has 0 saturated heterocycles. The Hall–Kier alpha value is -0.900. The lowest BCUT2D eigenvalue weighted by atomic mass is 9.95. The van der Waals surface area contributed by atoms with Crippen LogP contribution in [0, 0.1) is 0 Å². The molecule has 1 N–H and O–H groups in total. The molecule has 2 rings (SSSR count). The normalized spacial score (nSPS) is 18.2. The largest absolute Gasteiger partial charge is 0.308 e. The number of hydrogen-bond acceptors (Lipinski definition) is 3. The maximum absolute atomic E-state index is 4.03. The Balaban J connectivity index is 1.81. The first kappa shape index (κ1) is 10.6. The van der Waals surface area contributed by atoms with Crippen molar-refractivity contribution in [2.24, 2.45) is 0 Å². The van der Waals surface area contributed by atoms with E-state index in [9.17, 15) is 0 Å². The number of nitrogens with one attached hydrogen (secondary N) is 1. The second-order valence-corrected chi connectivity index (χ2v) is 4.26. The van der Waals surface area contributed by atoms with E-state index >= 15 is 0 Å². The van der Waals surface area contributed by atoms with E-state index in [4.69, 9.17) is 0 Å². The van der Waals surface area contributed by atoms with Gasteiger partial charge in [0.1, 0.15) is 0 Å². The van der Waals surface area contributed by atoms with Crippen molar-refractivity contribution in [2.45, 2.75) is 58.2 Å². The molecule has 1 fully saturated rings. The summed E-state index contributed by atoms with van der Waals surface area (Å²) in [5.74, 6) is 0. The van der Waals surface area contributed by atoms with Crippen LogP contribution >= 0.6 is 0 Å². The molecule has 1 aliphatic rings. The molecule has 4 nitrogen and oxygen atoms in total. The van der Waals surface area contributed by atoms with Gasteiger partial charge in [0.15, 0.2) is 0 Å². The predicted octanol–water partition coefficient (Wildman–Crippen LogP) is 1.72. The second kappa shape index (κ2) is 5.26. The molecule has 0 aliphatic heterocycles. The van der Waals surface area contributed by atoms with Gasteiger partial charge in [0.25, 0.3) is 0 Å². The zero-order valence-electron chi connectivity index (χ0n) is 9.45. The lowest BCUT2D eigenvalue weighted by molar-refractivity contribution is 0.367. The van der Waals surface area contributed by atoms with Crippen molar-refractivity contribution >= 4 is 0 Å². The van der Waals surface area contributed by atoms with E-state index in [1.807, 2.05) is 10.9 Å². The highest BCUT2D eigenvalue weighted by atomic mass is 15.4. The highest BCUT2D eigenvalue weighted by molar-refractivity contribution is 4.93. The van der Waals surface area contributed by atoms with Crippen molar-refractivity contribution in [3.63, 3.8) is 0 Å². The first-order chi connectivity index (χ1) is 7.40. The molecule has 0 radical (unpaired) electrons. The summed E-state index contributed by atoms with van der Waals surface area (Å²) in [4.78, 5) is 0. The van der Waals surface area contributed by atoms with Gasteiger partial charge in [-0.25, -0.2) is 4.68 Å². The van der Waals surface area contributed by atoms with E-state index in [1.165, 1.54) is 37.8 Å². The van der Waals surface area contributed by atoms with Crippen molar-refractivity contribution < 1.29 is 0 Å². The summed E-state index contributed by atoms with van der Waals surface area (Å²) in [6.07, 6.45) is 8.68. The topological polar surface area (TPSA) is 42.7 Å². The van der Waals surface area contributed by atoms with Crippen LogP contribution in [0.25, 0.3) is 0 Å². The van der Waals surface area contributed by atoms with Crippen LogP contribution in [-0.2, 0) is 13.1 Å². The van der Waals surface area contributed by atoms with E-state index in [-0.39, 0.29) is 0 Å². The molecular formula is C11H20N4. The molecule has 1 aromatic heterocycles. The monoisotopic (exact) mass is 208 g/mol. The summed E-state index contributed by atoms with van der Waals surface area (Å²) < 4.78 is 1.95. The zero-order valence-corrected chi connectivity index (χ0v) is 9.45. The van der Waals surface area contributed by atoms with Gasteiger partial charge in [-0.05, 0) is 19.8 Å². The Morgan fingerprint density at radius 2 is 2.20 bits per heavy atom. The Kier molecular flexibility index (Phi) is 3.72. The first-order valence-electron chi connectivity index (χ1n) is 6.01. The fraction of sp³-hybridized carbons (Fsp3) is 0.818. The van der Waals surface area contributed by atoms with Gasteiger partial charge in [-0.2, -0.15) is 0 Å². The van der Waals surface area contributed by atoms with Crippen molar-refractivity contribution in [3.8, 4) is 0 Å². The van der Waals surface area contributed by atoms with E-state index in [0.717, 1.165) is 13.1 Å². The Bertz CT molecular complexity index is 289. The van der Waals surface area contributed by atoms with Crippen LogP contribution in [0.15, 0.2) is 6.20 Å². The number of nitrogens with zero attached hydrogens (tertiary/aromatic N) is 3. The van der Waals surface area contributed by atoms with Gasteiger partial charge in [-0.1, -0.05) is 24.5 Å². The molecule has 1 heterocycles. The first-order valence-corrected chi connectivity index (χ1v) is 6.01. The Morgan fingerprint density at radius 3 is 2.93 bits per heavy atom. The van der Waals surface area contributed by atoms with Gasteiger partial charge < -0.3 is 5.32 Å². The second-order valence-electron chi connectivity index (χ2n) is 4.26. The molecular weight excluding hydrogens is 188 g/mol. The lowest BCUT2D eigenvalue weighted by Crippen LogP contribution is -2.31. The summed E-state index contributed by atoms with van der Waals surface area (Å²) in [7, 11) is 0. The molecule has 0 amide bonds. The minimum Gasteiger partial charge on any atom is -0.308 e. The van der Waals surface area contributed by atoms with E-state index in [0.29, 0.717) is 6.04 Å². The van der Waals surface area contributed by atoms with Crippen LogP contribution in [0.5, 0.6) is 0 Å². The van der Waals surface area contributed by atoms with Crippen molar-refractivity contribution in [3.05, 3.63) is 11.9 Å². The summed E-state index contributed by atoms with van der Waals surface area (Å²) >= 11 is 0. The van der Waals surface area contributed by atoms with Crippen molar-refractivity contribution in [2.75, 3.05) is 0 Å². The third-order valence-corrected chi connectivity index (χ3v) is 3.17. The minimum atomic E-state index is 0.707. The Morgan fingerprint density at radius 1 is 1.40 bits per heavy atom. The summed E-state index contributed by atoms with van der Waals surface area (Å²) in [5, 5.41) is 11.6. The van der Waals surface area contributed by atoms with E-state index < -0.39 is 0 Å². The smallest absolute Gasteiger partial charge is 0.0738 e. The number of aryl methyl sites for hydroxylation is 1. The number of rotatable bonds is 4. The third-order valence-electron chi connectivity index (χ3n) is 3.17. The van der Waals surface area contributed by atoms with E-state index in [2.05, 4.69) is 22.6 Å². The molecule has 4 heteroatoms. The van der Waals surface area contributed by atoms with Gasteiger partial charge in [0, 0.05) is 19.1 Å². The van der Waals surface area contributed by atoms with Crippen LogP contribution in [0.4, 0.5) is 0 Å². The van der Waals surface area contributed by atoms with Crippen LogP contribution in [-0.4, -0.2) is 21.0 Å². The van der Waals surface area contributed by atoms with Crippen molar-refractivity contribution in [1.29, 1.82) is 0 Å². The van der Waals surface area contributed by atoms with Crippen LogP contribution in [0.1, 0.15) is 44.7 Å². The highest BCUT2D eigenvalue weighted by Gasteiger charge is 2.13. The highest BCUT2D eigenvalue weighted by Crippen LogP contribution is 2.17. The van der Waals surface area contributed by atoms with Crippen LogP contribution < -0.4 is 5.32 Å². The molecule has 0 bridgehead atoms. The molecule has 0 aromatic carbocycles. The van der Waals surface area contributed by atoms with Gasteiger partial charge in [-0.3, -0.25) is 0 Å². The van der Waals surface area contributed by atoms with Gasteiger partial charge in [0.2, 0.25) is 0 Å². The molecule has 0 atom stereocenters. The molecule has 84 valence electrons. The minimum absolute atomic E-state index is 0.707. The lowest BCUT2D eigenvalue weighted by Gasteiger charge is -2.22. The predicted molar refractivity (Wildman–Crippen MR) is 59.4 cm³/mol. The summed E-state index contributed by atoms with van der Waals surface area (Å²) in [6.45, 7) is 3.91. The summed E-state index contributed by atoms with van der Waals surface area (Å²) in [5.41, 5.74) is 1.20. The molecule has 1 aliphatic carbocycles. The van der Waals surface area contributed by atoms with Gasteiger partial charge in [-0.15, -0.1) is 5.10 Å². The van der Waals surface area contributed by atoms with Crippen LogP contribution in [0.2, 0.25) is 0 Å². The molecule has 1 saturated carbocycles. The van der Waals surface area contributed by atoms with E-state index in [1.54, 1.807) is 0 Å². The maximum atomic E-state index is 4.03. The molecule has 1 aromatic rings. The van der Waals surface area contributed by atoms with Gasteiger partial charge in [0.05, 0.1) is 11.9 Å².